The van der Waals surface area contributed by atoms with Crippen molar-refractivity contribution in [1.29, 1.82) is 0 Å². The lowest BCUT2D eigenvalue weighted by molar-refractivity contribution is -0.954. The van der Waals surface area contributed by atoms with E-state index in [4.69, 9.17) is 26.1 Å². The average Bonchev–Trinajstić information content (AvgIpc) is 3.31. The summed E-state index contributed by atoms with van der Waals surface area (Å²) < 4.78 is 18.2. The minimum absolute atomic E-state index is 0.377. The molecule has 1 N–H and O–H groups in total. The summed E-state index contributed by atoms with van der Waals surface area (Å²) in [4.78, 5) is 3.31. The highest BCUT2D eigenvalue weighted by Crippen LogP contribution is 2.29. The SMILES string of the molecule is COc1cc(OC)cc(-c2nn(C[NH+]3CCc4sccc4[C@H]3C)c(=S)o2)c1. The van der Waals surface area contributed by atoms with Crippen LogP contribution in [0, 0.1) is 4.84 Å². The van der Waals surface area contributed by atoms with Crippen molar-refractivity contribution in [2.45, 2.75) is 26.1 Å². The molecular formula is C19H22N3O3S2+. The van der Waals surface area contributed by atoms with Gasteiger partial charge in [0.1, 0.15) is 17.5 Å². The Kier molecular flexibility index (Phi) is 5.03. The van der Waals surface area contributed by atoms with E-state index in [9.17, 15) is 0 Å². The second-order valence-electron chi connectivity index (χ2n) is 6.61. The Bertz CT molecular complexity index is 986. The monoisotopic (exact) mass is 404 g/mol. The second kappa shape index (κ2) is 7.46. The average molecular weight is 405 g/mol. The molecule has 0 saturated carbocycles. The summed E-state index contributed by atoms with van der Waals surface area (Å²) in [5.74, 6) is 1.83. The van der Waals surface area contributed by atoms with E-state index in [-0.39, 0.29) is 0 Å². The quantitative estimate of drug-likeness (QED) is 0.662. The van der Waals surface area contributed by atoms with E-state index in [2.05, 4.69) is 23.5 Å². The number of benzene rings is 1. The zero-order valence-corrected chi connectivity index (χ0v) is 17.2. The number of thiophene rings is 1. The van der Waals surface area contributed by atoms with Gasteiger partial charge in [-0.05, 0) is 42.7 Å². The van der Waals surface area contributed by atoms with Crippen LogP contribution in [0.5, 0.6) is 11.5 Å². The molecule has 0 saturated heterocycles. The minimum atomic E-state index is 0.377. The van der Waals surface area contributed by atoms with E-state index < -0.39 is 0 Å². The van der Waals surface area contributed by atoms with Crippen LogP contribution in [0.3, 0.4) is 0 Å². The number of hydrogen-bond acceptors (Lipinski definition) is 6. The fraction of sp³-hybridized carbons (Fsp3) is 0.368. The van der Waals surface area contributed by atoms with Crippen LogP contribution in [-0.2, 0) is 13.1 Å². The highest BCUT2D eigenvalue weighted by Gasteiger charge is 2.29. The van der Waals surface area contributed by atoms with Gasteiger partial charge in [0.25, 0.3) is 4.84 Å². The lowest BCUT2D eigenvalue weighted by Crippen LogP contribution is -3.12. The van der Waals surface area contributed by atoms with E-state index in [1.54, 1.807) is 18.9 Å². The fourth-order valence-electron chi connectivity index (χ4n) is 3.51. The molecule has 2 aromatic heterocycles. The van der Waals surface area contributed by atoms with Crippen molar-refractivity contribution in [3.8, 4) is 23.0 Å². The zero-order chi connectivity index (χ0) is 19.0. The first-order chi connectivity index (χ1) is 13.1. The number of aromatic nitrogens is 2. The second-order valence-corrected chi connectivity index (χ2v) is 7.96. The Hall–Kier alpha value is -2.16. The van der Waals surface area contributed by atoms with Gasteiger partial charge < -0.3 is 18.8 Å². The molecule has 0 bridgehead atoms. The van der Waals surface area contributed by atoms with E-state index >= 15 is 0 Å². The van der Waals surface area contributed by atoms with Crippen LogP contribution in [0.25, 0.3) is 11.5 Å². The summed E-state index contributed by atoms with van der Waals surface area (Å²) in [6.07, 6.45) is 1.10. The van der Waals surface area contributed by atoms with E-state index in [0.717, 1.165) is 18.5 Å². The maximum absolute atomic E-state index is 5.78. The first-order valence-corrected chi connectivity index (χ1v) is 10.1. The van der Waals surface area contributed by atoms with Crippen molar-refractivity contribution in [2.75, 3.05) is 20.8 Å². The van der Waals surface area contributed by atoms with Gasteiger partial charge in [0.05, 0.1) is 20.8 Å². The Labute approximate surface area is 166 Å². The van der Waals surface area contributed by atoms with Crippen LogP contribution in [-0.4, -0.2) is 30.5 Å². The molecule has 1 aliphatic rings. The number of hydrogen-bond donors (Lipinski definition) is 1. The van der Waals surface area contributed by atoms with Gasteiger partial charge in [0, 0.05) is 28.5 Å². The summed E-state index contributed by atoms with van der Waals surface area (Å²) in [6, 6.07) is 8.19. The third-order valence-corrected chi connectivity index (χ3v) is 6.38. The number of nitrogens with zero attached hydrogens (tertiary/aromatic N) is 2. The van der Waals surface area contributed by atoms with Gasteiger partial charge in [-0.2, -0.15) is 4.68 Å². The van der Waals surface area contributed by atoms with Crippen LogP contribution in [0.4, 0.5) is 0 Å². The number of fused-ring (bicyclic) bond motifs is 1. The minimum Gasteiger partial charge on any atom is -0.497 e. The molecule has 27 heavy (non-hydrogen) atoms. The molecule has 6 nitrogen and oxygen atoms in total. The van der Waals surface area contributed by atoms with Gasteiger partial charge >= 0.3 is 0 Å². The smallest absolute Gasteiger partial charge is 0.292 e. The third-order valence-electron chi connectivity index (χ3n) is 5.09. The van der Waals surface area contributed by atoms with Crippen molar-refractivity contribution in [1.82, 2.24) is 9.78 Å². The van der Waals surface area contributed by atoms with Gasteiger partial charge in [0.15, 0.2) is 6.67 Å². The predicted molar refractivity (Wildman–Crippen MR) is 106 cm³/mol. The molecule has 0 spiro atoms. The van der Waals surface area contributed by atoms with Gasteiger partial charge in [0.2, 0.25) is 5.89 Å². The molecule has 1 aliphatic heterocycles. The molecule has 4 rings (SSSR count). The van der Waals surface area contributed by atoms with Gasteiger partial charge in [-0.1, -0.05) is 0 Å². The van der Waals surface area contributed by atoms with Crippen molar-refractivity contribution in [2.24, 2.45) is 0 Å². The Morgan fingerprint density at radius 1 is 1.30 bits per heavy atom. The van der Waals surface area contributed by atoms with Crippen molar-refractivity contribution < 1.29 is 18.8 Å². The predicted octanol–water partition coefficient (Wildman–Crippen LogP) is 3.11. The van der Waals surface area contributed by atoms with Gasteiger partial charge in [-0.25, -0.2) is 0 Å². The maximum Gasteiger partial charge on any atom is 0.292 e. The van der Waals surface area contributed by atoms with Crippen molar-refractivity contribution in [3.63, 3.8) is 0 Å². The normalized spacial score (nSPS) is 18.9. The van der Waals surface area contributed by atoms with Crippen LogP contribution in [0.2, 0.25) is 0 Å². The highest BCUT2D eigenvalue weighted by molar-refractivity contribution is 7.71. The Morgan fingerprint density at radius 3 is 2.74 bits per heavy atom. The molecule has 0 aliphatic carbocycles. The van der Waals surface area contributed by atoms with Gasteiger partial charge in [-0.15, -0.1) is 16.4 Å². The number of nitrogens with one attached hydrogen (secondary N) is 1. The standard InChI is InChI=1S/C19H21N3O3S2/c1-12-16-5-7-27-17(16)4-6-21(12)11-22-19(26)25-18(20-22)13-8-14(23-2)10-15(9-13)24-3/h5,7-10,12H,4,6,11H2,1-3H3/p+1/t12-/m1/s1. The molecule has 3 heterocycles. The molecule has 0 amide bonds. The van der Waals surface area contributed by atoms with Crippen LogP contribution < -0.4 is 14.4 Å². The molecule has 142 valence electrons. The molecule has 2 atom stereocenters. The van der Waals surface area contributed by atoms with Crippen LogP contribution >= 0.6 is 23.6 Å². The number of rotatable bonds is 5. The Morgan fingerprint density at radius 2 is 2.04 bits per heavy atom. The molecular weight excluding hydrogens is 382 g/mol. The lowest BCUT2D eigenvalue weighted by Gasteiger charge is -2.29. The molecule has 0 radical (unpaired) electrons. The summed E-state index contributed by atoms with van der Waals surface area (Å²) in [6.45, 7) is 4.00. The van der Waals surface area contributed by atoms with Gasteiger partial charge in [-0.3, -0.25) is 0 Å². The molecule has 3 aromatic rings. The topological polar surface area (TPSA) is 53.9 Å². The van der Waals surface area contributed by atoms with E-state index in [0.29, 0.717) is 34.9 Å². The lowest BCUT2D eigenvalue weighted by atomic mass is 10.0. The number of methoxy groups -OCH3 is 2. The number of ether oxygens (including phenoxy) is 2. The first kappa shape index (κ1) is 18.2. The number of quaternary nitrogens is 1. The summed E-state index contributed by atoms with van der Waals surface area (Å²) in [5.41, 5.74) is 2.21. The highest BCUT2D eigenvalue weighted by atomic mass is 32.1. The fourth-order valence-corrected chi connectivity index (χ4v) is 4.68. The Balaban J connectivity index is 1.60. The summed E-state index contributed by atoms with van der Waals surface area (Å²) in [5, 5.41) is 6.80. The van der Waals surface area contributed by atoms with E-state index in [1.807, 2.05) is 29.5 Å². The van der Waals surface area contributed by atoms with E-state index in [1.165, 1.54) is 15.3 Å². The van der Waals surface area contributed by atoms with Crippen LogP contribution in [0.15, 0.2) is 34.1 Å². The molecule has 1 aromatic carbocycles. The first-order valence-electron chi connectivity index (χ1n) is 8.81. The zero-order valence-electron chi connectivity index (χ0n) is 15.5. The maximum atomic E-state index is 5.78. The largest absolute Gasteiger partial charge is 0.497 e. The van der Waals surface area contributed by atoms with Crippen LogP contribution in [0.1, 0.15) is 23.4 Å². The molecule has 1 unspecified atom stereocenters. The van der Waals surface area contributed by atoms with Crippen molar-refractivity contribution in [3.05, 3.63) is 44.9 Å². The summed E-state index contributed by atoms with van der Waals surface area (Å²) in [7, 11) is 3.24. The van der Waals surface area contributed by atoms with Crippen molar-refractivity contribution >= 4 is 23.6 Å². The molecule has 0 fully saturated rings. The third kappa shape index (κ3) is 3.52. The summed E-state index contributed by atoms with van der Waals surface area (Å²) >= 11 is 7.27. The molecule has 8 heteroatoms.